The minimum atomic E-state index is -0.768. The summed E-state index contributed by atoms with van der Waals surface area (Å²) in [7, 11) is 0. The summed E-state index contributed by atoms with van der Waals surface area (Å²) >= 11 is 0. The molecule has 0 unspecified atom stereocenters. The summed E-state index contributed by atoms with van der Waals surface area (Å²) < 4.78 is 0. The maximum atomic E-state index is 10.8. The molecule has 4 heteroatoms. The molecule has 1 aromatic rings. The zero-order valence-electron chi connectivity index (χ0n) is 9.03. The predicted molar refractivity (Wildman–Crippen MR) is 58.8 cm³/mol. The Kier molecular flexibility index (Phi) is 3.66. The van der Waals surface area contributed by atoms with Gasteiger partial charge >= 0.3 is 5.97 Å². The van der Waals surface area contributed by atoms with Crippen molar-refractivity contribution in [3.8, 4) is 0 Å². The van der Waals surface area contributed by atoms with E-state index in [9.17, 15) is 4.79 Å². The number of rotatable bonds is 5. The zero-order valence-corrected chi connectivity index (χ0v) is 9.03. The number of hydrogen-bond donors (Lipinski definition) is 2. The van der Waals surface area contributed by atoms with Crippen LogP contribution in [-0.4, -0.2) is 22.6 Å². The molecule has 1 rings (SSSR count). The van der Waals surface area contributed by atoms with Crippen LogP contribution in [0, 0.1) is 5.41 Å². The molecule has 0 bridgehead atoms. The van der Waals surface area contributed by atoms with Gasteiger partial charge in [-0.25, -0.2) is 0 Å². The summed E-state index contributed by atoms with van der Waals surface area (Å²) in [4.78, 5) is 14.8. The van der Waals surface area contributed by atoms with Crippen LogP contribution in [-0.2, 0) is 4.79 Å². The molecule has 1 aromatic heterocycles. The van der Waals surface area contributed by atoms with E-state index in [-0.39, 0.29) is 0 Å². The standard InChI is InChI=1S/C11H16N2O2/c1-11(2,10(14)15)5-7-13-9-4-3-6-12-8-9/h3-4,6,8,13H,5,7H2,1-2H3,(H,14,15). The first kappa shape index (κ1) is 11.5. The Bertz CT molecular complexity index is 323. The molecule has 15 heavy (non-hydrogen) atoms. The van der Waals surface area contributed by atoms with Gasteiger partial charge in [0, 0.05) is 18.9 Å². The summed E-state index contributed by atoms with van der Waals surface area (Å²) in [6, 6.07) is 3.74. The van der Waals surface area contributed by atoms with E-state index in [0.29, 0.717) is 13.0 Å². The molecule has 82 valence electrons. The number of nitrogens with one attached hydrogen (secondary N) is 1. The number of anilines is 1. The molecule has 0 aromatic carbocycles. The van der Waals surface area contributed by atoms with Crippen molar-refractivity contribution >= 4 is 11.7 Å². The van der Waals surface area contributed by atoms with Gasteiger partial charge in [0.2, 0.25) is 0 Å². The third-order valence-electron chi connectivity index (χ3n) is 2.32. The van der Waals surface area contributed by atoms with Crippen molar-refractivity contribution in [1.82, 2.24) is 4.98 Å². The van der Waals surface area contributed by atoms with Crippen molar-refractivity contribution < 1.29 is 9.90 Å². The van der Waals surface area contributed by atoms with Gasteiger partial charge < -0.3 is 10.4 Å². The highest BCUT2D eigenvalue weighted by Gasteiger charge is 2.26. The van der Waals surface area contributed by atoms with Crippen molar-refractivity contribution in [2.45, 2.75) is 20.3 Å². The maximum absolute atomic E-state index is 10.8. The van der Waals surface area contributed by atoms with Gasteiger partial charge in [-0.3, -0.25) is 9.78 Å². The summed E-state index contributed by atoms with van der Waals surface area (Å²) in [5, 5.41) is 12.0. The fraction of sp³-hybridized carbons (Fsp3) is 0.455. The van der Waals surface area contributed by atoms with Crippen molar-refractivity contribution in [3.05, 3.63) is 24.5 Å². The van der Waals surface area contributed by atoms with Crippen LogP contribution < -0.4 is 5.32 Å². The summed E-state index contributed by atoms with van der Waals surface area (Å²) in [6.07, 6.45) is 4.00. The molecular formula is C11H16N2O2. The monoisotopic (exact) mass is 208 g/mol. The lowest BCUT2D eigenvalue weighted by molar-refractivity contribution is -0.147. The average Bonchev–Trinajstić information content (AvgIpc) is 2.19. The molecule has 2 N–H and O–H groups in total. The van der Waals surface area contributed by atoms with Crippen LogP contribution >= 0.6 is 0 Å². The van der Waals surface area contributed by atoms with Gasteiger partial charge in [-0.1, -0.05) is 0 Å². The summed E-state index contributed by atoms with van der Waals surface area (Å²) in [5.41, 5.74) is 0.230. The number of carbonyl (C=O) groups is 1. The van der Waals surface area contributed by atoms with Gasteiger partial charge in [0.1, 0.15) is 0 Å². The van der Waals surface area contributed by atoms with Crippen LogP contribution in [0.5, 0.6) is 0 Å². The molecule has 0 saturated heterocycles. The summed E-state index contributed by atoms with van der Waals surface area (Å²) in [5.74, 6) is -0.768. The lowest BCUT2D eigenvalue weighted by atomic mass is 9.90. The SMILES string of the molecule is CC(C)(CCNc1cccnc1)C(=O)O. The van der Waals surface area contributed by atoms with Gasteiger partial charge in [0.05, 0.1) is 11.1 Å². The van der Waals surface area contributed by atoms with Gasteiger partial charge in [-0.2, -0.15) is 0 Å². The first-order valence-electron chi connectivity index (χ1n) is 4.90. The van der Waals surface area contributed by atoms with E-state index in [1.54, 1.807) is 26.2 Å². The highest BCUT2D eigenvalue weighted by Crippen LogP contribution is 2.20. The van der Waals surface area contributed by atoms with Crippen molar-refractivity contribution in [2.24, 2.45) is 5.41 Å². The lowest BCUT2D eigenvalue weighted by Gasteiger charge is -2.19. The first-order valence-corrected chi connectivity index (χ1v) is 4.90. The smallest absolute Gasteiger partial charge is 0.309 e. The molecule has 4 nitrogen and oxygen atoms in total. The number of carboxylic acid groups (broad SMARTS) is 1. The highest BCUT2D eigenvalue weighted by molar-refractivity contribution is 5.73. The number of nitrogens with zero attached hydrogens (tertiary/aromatic N) is 1. The average molecular weight is 208 g/mol. The molecule has 0 radical (unpaired) electrons. The fourth-order valence-corrected chi connectivity index (χ4v) is 1.09. The second-order valence-electron chi connectivity index (χ2n) is 4.11. The summed E-state index contributed by atoms with van der Waals surface area (Å²) in [6.45, 7) is 4.07. The zero-order chi connectivity index (χ0) is 11.3. The van der Waals surface area contributed by atoms with Crippen molar-refractivity contribution in [1.29, 1.82) is 0 Å². The number of hydrogen-bond acceptors (Lipinski definition) is 3. The van der Waals surface area contributed by atoms with Crippen molar-refractivity contribution in [2.75, 3.05) is 11.9 Å². The molecule has 1 heterocycles. The molecule has 0 fully saturated rings. The Balaban J connectivity index is 2.37. The minimum Gasteiger partial charge on any atom is -0.481 e. The normalized spacial score (nSPS) is 11.1. The van der Waals surface area contributed by atoms with E-state index in [2.05, 4.69) is 10.3 Å². The number of pyridine rings is 1. The van der Waals surface area contributed by atoms with Crippen LogP contribution in [0.25, 0.3) is 0 Å². The number of aliphatic carboxylic acids is 1. The molecule has 0 atom stereocenters. The molecular weight excluding hydrogens is 192 g/mol. The number of carboxylic acids is 1. The Morgan fingerprint density at radius 1 is 1.60 bits per heavy atom. The Morgan fingerprint density at radius 2 is 2.33 bits per heavy atom. The first-order chi connectivity index (χ1) is 7.02. The predicted octanol–water partition coefficient (Wildman–Crippen LogP) is 1.99. The fourth-order valence-electron chi connectivity index (χ4n) is 1.09. The van der Waals surface area contributed by atoms with E-state index in [4.69, 9.17) is 5.11 Å². The van der Waals surface area contributed by atoms with Crippen LogP contribution in [0.1, 0.15) is 20.3 Å². The van der Waals surface area contributed by atoms with Crippen molar-refractivity contribution in [3.63, 3.8) is 0 Å². The highest BCUT2D eigenvalue weighted by atomic mass is 16.4. The van der Waals surface area contributed by atoms with Gasteiger partial charge in [0.25, 0.3) is 0 Å². The molecule has 0 amide bonds. The minimum absolute atomic E-state index is 0.581. The van der Waals surface area contributed by atoms with Crippen LogP contribution in [0.3, 0.4) is 0 Å². The molecule has 0 aliphatic rings. The Hall–Kier alpha value is -1.58. The number of aromatic nitrogens is 1. The molecule has 0 saturated carbocycles. The second kappa shape index (κ2) is 4.77. The Morgan fingerprint density at radius 3 is 2.87 bits per heavy atom. The van der Waals surface area contributed by atoms with Crippen LogP contribution in [0.4, 0.5) is 5.69 Å². The van der Waals surface area contributed by atoms with E-state index in [1.165, 1.54) is 0 Å². The van der Waals surface area contributed by atoms with Crippen LogP contribution in [0.2, 0.25) is 0 Å². The largest absolute Gasteiger partial charge is 0.481 e. The van der Waals surface area contributed by atoms with E-state index < -0.39 is 11.4 Å². The third-order valence-corrected chi connectivity index (χ3v) is 2.32. The quantitative estimate of drug-likeness (QED) is 0.776. The van der Waals surface area contributed by atoms with Crippen LogP contribution in [0.15, 0.2) is 24.5 Å². The lowest BCUT2D eigenvalue weighted by Crippen LogP contribution is -2.26. The van der Waals surface area contributed by atoms with E-state index in [0.717, 1.165) is 5.69 Å². The second-order valence-corrected chi connectivity index (χ2v) is 4.11. The topological polar surface area (TPSA) is 62.2 Å². The van der Waals surface area contributed by atoms with Gasteiger partial charge in [0.15, 0.2) is 0 Å². The van der Waals surface area contributed by atoms with Gasteiger partial charge in [-0.05, 0) is 32.4 Å². The molecule has 0 aliphatic heterocycles. The third kappa shape index (κ3) is 3.58. The maximum Gasteiger partial charge on any atom is 0.309 e. The molecule has 0 spiro atoms. The Labute approximate surface area is 89.3 Å². The van der Waals surface area contributed by atoms with E-state index in [1.807, 2.05) is 12.1 Å². The van der Waals surface area contributed by atoms with E-state index >= 15 is 0 Å². The van der Waals surface area contributed by atoms with Gasteiger partial charge in [-0.15, -0.1) is 0 Å². The molecule has 0 aliphatic carbocycles.